The maximum atomic E-state index is 12.5. The number of carbonyl (C=O) groups is 1. The molecule has 0 aliphatic heterocycles. The third-order valence-electron chi connectivity index (χ3n) is 3.61. The first kappa shape index (κ1) is 16.2. The SMILES string of the molecule is CC(C)=C[SiH2]c1ccc(C(=O)c2ccc(N(C)C)cc2)cc1. The Hall–Kier alpha value is -2.13. The van der Waals surface area contributed by atoms with Gasteiger partial charge in [-0.2, -0.15) is 0 Å². The lowest BCUT2D eigenvalue weighted by molar-refractivity contribution is 0.103. The summed E-state index contributed by atoms with van der Waals surface area (Å²) in [4.78, 5) is 14.5. The molecular formula is C19H23NOSi. The van der Waals surface area contributed by atoms with Gasteiger partial charge >= 0.3 is 0 Å². The zero-order chi connectivity index (χ0) is 16.1. The molecule has 0 atom stereocenters. The van der Waals surface area contributed by atoms with Crippen LogP contribution in [0.4, 0.5) is 5.69 Å². The molecule has 0 aliphatic rings. The molecule has 0 aliphatic carbocycles. The van der Waals surface area contributed by atoms with Crippen molar-refractivity contribution >= 4 is 26.2 Å². The monoisotopic (exact) mass is 309 g/mol. The Labute approximate surface area is 135 Å². The zero-order valence-corrected chi connectivity index (χ0v) is 15.2. The van der Waals surface area contributed by atoms with Crippen LogP contribution >= 0.6 is 0 Å². The molecule has 0 heterocycles. The molecule has 0 fully saturated rings. The van der Waals surface area contributed by atoms with Gasteiger partial charge in [-0.05, 0) is 38.1 Å². The third-order valence-corrected chi connectivity index (χ3v) is 5.57. The number of nitrogens with zero attached hydrogens (tertiary/aromatic N) is 1. The maximum absolute atomic E-state index is 12.5. The molecular weight excluding hydrogens is 286 g/mol. The molecule has 0 N–H and O–H groups in total. The molecule has 114 valence electrons. The first-order valence-electron chi connectivity index (χ1n) is 7.52. The van der Waals surface area contributed by atoms with E-state index in [1.165, 1.54) is 10.8 Å². The summed E-state index contributed by atoms with van der Waals surface area (Å²) in [6, 6.07) is 15.8. The van der Waals surface area contributed by atoms with E-state index in [-0.39, 0.29) is 15.3 Å². The smallest absolute Gasteiger partial charge is 0.193 e. The van der Waals surface area contributed by atoms with Crippen molar-refractivity contribution in [2.24, 2.45) is 0 Å². The van der Waals surface area contributed by atoms with Crippen LogP contribution in [0.15, 0.2) is 59.8 Å². The standard InChI is InChI=1S/C19H23NOSi/c1-14(2)13-22-18-11-7-16(8-12-18)19(21)15-5-9-17(10-6-15)20(3)4/h5-13H,22H2,1-4H3. The Morgan fingerprint density at radius 2 is 1.41 bits per heavy atom. The van der Waals surface area contributed by atoms with Crippen molar-refractivity contribution in [2.45, 2.75) is 13.8 Å². The topological polar surface area (TPSA) is 20.3 Å². The molecule has 2 aromatic rings. The number of rotatable bonds is 5. The van der Waals surface area contributed by atoms with Crippen LogP contribution < -0.4 is 10.1 Å². The highest BCUT2D eigenvalue weighted by Crippen LogP contribution is 2.15. The van der Waals surface area contributed by atoms with Crippen LogP contribution in [0.1, 0.15) is 29.8 Å². The quantitative estimate of drug-likeness (QED) is 0.625. The molecule has 22 heavy (non-hydrogen) atoms. The van der Waals surface area contributed by atoms with E-state index in [0.29, 0.717) is 0 Å². The molecule has 2 aromatic carbocycles. The summed E-state index contributed by atoms with van der Waals surface area (Å²) in [5.74, 6) is 0.0840. The van der Waals surface area contributed by atoms with Crippen LogP contribution in [0, 0.1) is 0 Å². The predicted octanol–water partition coefficient (Wildman–Crippen LogP) is 2.70. The second-order valence-electron chi connectivity index (χ2n) is 5.95. The van der Waals surface area contributed by atoms with E-state index >= 15 is 0 Å². The molecule has 0 radical (unpaired) electrons. The van der Waals surface area contributed by atoms with Gasteiger partial charge in [-0.25, -0.2) is 0 Å². The summed E-state index contributed by atoms with van der Waals surface area (Å²) in [5.41, 5.74) is 6.29. The van der Waals surface area contributed by atoms with Gasteiger partial charge in [0.2, 0.25) is 0 Å². The molecule has 0 saturated carbocycles. The van der Waals surface area contributed by atoms with Gasteiger partial charge in [0.1, 0.15) is 0 Å². The fraction of sp³-hybridized carbons (Fsp3) is 0.211. The van der Waals surface area contributed by atoms with Crippen LogP contribution in [-0.2, 0) is 0 Å². The summed E-state index contributed by atoms with van der Waals surface area (Å²) < 4.78 is 0. The summed E-state index contributed by atoms with van der Waals surface area (Å²) in [6.07, 6.45) is 0. The fourth-order valence-electron chi connectivity index (χ4n) is 2.19. The normalized spacial score (nSPS) is 10.7. The van der Waals surface area contributed by atoms with Crippen molar-refractivity contribution in [3.8, 4) is 0 Å². The van der Waals surface area contributed by atoms with Crippen molar-refractivity contribution in [2.75, 3.05) is 19.0 Å². The van der Waals surface area contributed by atoms with E-state index in [2.05, 4.69) is 31.7 Å². The molecule has 0 bridgehead atoms. The van der Waals surface area contributed by atoms with E-state index in [0.717, 1.165) is 16.8 Å². The van der Waals surface area contributed by atoms with E-state index < -0.39 is 0 Å². The van der Waals surface area contributed by atoms with Crippen molar-refractivity contribution < 1.29 is 4.79 Å². The average Bonchev–Trinajstić information content (AvgIpc) is 2.53. The minimum absolute atomic E-state index is 0.0840. The Bertz CT molecular complexity index is 666. The number of carbonyl (C=O) groups excluding carboxylic acids is 1. The molecule has 0 aromatic heterocycles. The number of hydrogen-bond acceptors (Lipinski definition) is 2. The highest BCUT2D eigenvalue weighted by atomic mass is 28.2. The van der Waals surface area contributed by atoms with E-state index in [9.17, 15) is 4.79 Å². The minimum atomic E-state index is -0.356. The van der Waals surface area contributed by atoms with Crippen molar-refractivity contribution in [3.05, 3.63) is 70.9 Å². The van der Waals surface area contributed by atoms with Gasteiger partial charge in [0.15, 0.2) is 5.78 Å². The Balaban J connectivity index is 2.13. The summed E-state index contributed by atoms with van der Waals surface area (Å²) in [6.45, 7) is 4.25. The second kappa shape index (κ2) is 7.23. The maximum Gasteiger partial charge on any atom is 0.193 e. The number of hydrogen-bond donors (Lipinski definition) is 0. The van der Waals surface area contributed by atoms with Crippen molar-refractivity contribution in [1.29, 1.82) is 0 Å². The molecule has 0 spiro atoms. The van der Waals surface area contributed by atoms with Gasteiger partial charge in [0.25, 0.3) is 0 Å². The molecule has 0 unspecified atom stereocenters. The second-order valence-corrected chi connectivity index (χ2v) is 7.59. The molecule has 3 heteroatoms. The predicted molar refractivity (Wildman–Crippen MR) is 98.3 cm³/mol. The number of anilines is 1. The van der Waals surface area contributed by atoms with Gasteiger partial charge < -0.3 is 4.90 Å². The van der Waals surface area contributed by atoms with Gasteiger partial charge in [-0.3, -0.25) is 4.79 Å². The number of allylic oxidation sites excluding steroid dienone is 1. The Morgan fingerprint density at radius 3 is 1.86 bits per heavy atom. The lowest BCUT2D eigenvalue weighted by Gasteiger charge is -2.12. The zero-order valence-electron chi connectivity index (χ0n) is 13.8. The first-order valence-corrected chi connectivity index (χ1v) is 9.04. The highest BCUT2D eigenvalue weighted by molar-refractivity contribution is 6.58. The Morgan fingerprint density at radius 1 is 0.909 bits per heavy atom. The van der Waals surface area contributed by atoms with Crippen LogP contribution in [0.25, 0.3) is 0 Å². The molecule has 2 rings (SSSR count). The molecule has 0 amide bonds. The average molecular weight is 309 g/mol. The minimum Gasteiger partial charge on any atom is -0.378 e. The fourth-order valence-corrected chi connectivity index (χ4v) is 3.34. The van der Waals surface area contributed by atoms with Crippen LogP contribution in [0.3, 0.4) is 0 Å². The van der Waals surface area contributed by atoms with Crippen molar-refractivity contribution in [1.82, 2.24) is 0 Å². The number of benzene rings is 2. The van der Waals surface area contributed by atoms with Crippen LogP contribution in [0.5, 0.6) is 0 Å². The number of ketones is 1. The summed E-state index contributed by atoms with van der Waals surface area (Å²) in [5, 5.41) is 1.36. The first-order chi connectivity index (χ1) is 10.5. The van der Waals surface area contributed by atoms with E-state index in [1.807, 2.05) is 55.4 Å². The van der Waals surface area contributed by atoms with Crippen molar-refractivity contribution in [3.63, 3.8) is 0 Å². The summed E-state index contributed by atoms with van der Waals surface area (Å²) >= 11 is 0. The molecule has 2 nitrogen and oxygen atoms in total. The lowest BCUT2D eigenvalue weighted by Crippen LogP contribution is -2.13. The molecule has 0 saturated heterocycles. The summed E-state index contributed by atoms with van der Waals surface area (Å²) in [7, 11) is 3.63. The third kappa shape index (κ3) is 4.18. The van der Waals surface area contributed by atoms with Crippen LogP contribution in [0.2, 0.25) is 0 Å². The largest absolute Gasteiger partial charge is 0.378 e. The van der Waals surface area contributed by atoms with Crippen LogP contribution in [-0.4, -0.2) is 29.4 Å². The lowest BCUT2D eigenvalue weighted by atomic mass is 10.0. The Kier molecular flexibility index (Phi) is 5.34. The van der Waals surface area contributed by atoms with Gasteiger partial charge in [-0.1, -0.05) is 40.7 Å². The van der Waals surface area contributed by atoms with Gasteiger partial charge in [-0.15, -0.1) is 0 Å². The van der Waals surface area contributed by atoms with E-state index in [1.54, 1.807) is 0 Å². The van der Waals surface area contributed by atoms with Gasteiger partial charge in [0.05, 0.1) is 9.52 Å². The van der Waals surface area contributed by atoms with Gasteiger partial charge in [0, 0.05) is 30.9 Å². The highest BCUT2D eigenvalue weighted by Gasteiger charge is 2.09. The van der Waals surface area contributed by atoms with E-state index in [4.69, 9.17) is 0 Å².